The van der Waals surface area contributed by atoms with E-state index in [4.69, 9.17) is 0 Å². The molecular formula is C38H36N2. The van der Waals surface area contributed by atoms with Crippen molar-refractivity contribution in [2.24, 2.45) is 0 Å². The molecule has 0 radical (unpaired) electrons. The molecule has 40 heavy (non-hydrogen) atoms. The highest BCUT2D eigenvalue weighted by atomic mass is 15.0. The fourth-order valence-electron chi connectivity index (χ4n) is 6.30. The first-order valence-corrected chi connectivity index (χ1v) is 14.9. The Labute approximate surface area is 236 Å². The molecule has 0 saturated carbocycles. The predicted octanol–water partition coefficient (Wildman–Crippen LogP) is 10.8. The van der Waals surface area contributed by atoms with Gasteiger partial charge in [0.15, 0.2) is 0 Å². The minimum Gasteiger partial charge on any atom is -0.355 e. The average molecular weight is 521 g/mol. The van der Waals surface area contributed by atoms with Gasteiger partial charge in [0, 0.05) is 38.3 Å². The van der Waals surface area contributed by atoms with Gasteiger partial charge in [-0.2, -0.15) is 0 Å². The highest BCUT2D eigenvalue weighted by Gasteiger charge is 2.14. The zero-order valence-electron chi connectivity index (χ0n) is 23.5. The average Bonchev–Trinajstić information content (AvgIpc) is 3.53. The molecule has 7 aromatic rings. The van der Waals surface area contributed by atoms with Crippen LogP contribution in [0.25, 0.3) is 60.4 Å². The summed E-state index contributed by atoms with van der Waals surface area (Å²) < 4.78 is 2.45. The first-order chi connectivity index (χ1) is 19.7. The van der Waals surface area contributed by atoms with E-state index in [2.05, 4.69) is 127 Å². The van der Waals surface area contributed by atoms with Gasteiger partial charge < -0.3 is 9.55 Å². The van der Waals surface area contributed by atoms with Gasteiger partial charge in [0.05, 0.1) is 11.0 Å². The van der Waals surface area contributed by atoms with Gasteiger partial charge in [-0.15, -0.1) is 0 Å². The molecule has 5 aromatic carbocycles. The van der Waals surface area contributed by atoms with E-state index in [9.17, 15) is 0 Å². The Bertz CT molecular complexity index is 1900. The number of para-hydroxylation sites is 1. The first kappa shape index (κ1) is 24.7. The number of aromatic amines is 1. The van der Waals surface area contributed by atoms with Gasteiger partial charge in [-0.05, 0) is 103 Å². The van der Waals surface area contributed by atoms with Crippen molar-refractivity contribution in [2.45, 2.75) is 52.4 Å². The Morgan fingerprint density at radius 1 is 0.525 bits per heavy atom. The Kier molecular flexibility index (Phi) is 6.40. The van der Waals surface area contributed by atoms with Gasteiger partial charge in [0.2, 0.25) is 0 Å². The zero-order chi connectivity index (χ0) is 27.1. The molecule has 0 atom stereocenters. The quantitative estimate of drug-likeness (QED) is 0.206. The van der Waals surface area contributed by atoms with E-state index in [1.165, 1.54) is 97.2 Å². The lowest BCUT2D eigenvalue weighted by atomic mass is 10.0. The van der Waals surface area contributed by atoms with E-state index in [1.54, 1.807) is 0 Å². The van der Waals surface area contributed by atoms with Crippen molar-refractivity contribution in [1.29, 1.82) is 0 Å². The van der Waals surface area contributed by atoms with Crippen molar-refractivity contribution in [3.63, 3.8) is 0 Å². The van der Waals surface area contributed by atoms with Crippen LogP contribution in [0.3, 0.4) is 0 Å². The van der Waals surface area contributed by atoms with Gasteiger partial charge in [-0.3, -0.25) is 0 Å². The third-order valence-corrected chi connectivity index (χ3v) is 8.50. The standard InChI is InChI=1S/C38H36N2/c1-3-5-9-26-13-21-37-33(23-26)34-24-27(10-6-4-2)14-22-38(34)40(37)30-18-15-28(16-19-30)29-17-20-36-32(25-29)31-11-7-8-12-35(31)39-36/h7-8,11-25,39H,3-6,9-10H2,1-2H3. The summed E-state index contributed by atoms with van der Waals surface area (Å²) >= 11 is 0. The molecular weight excluding hydrogens is 484 g/mol. The Balaban J connectivity index is 1.32. The summed E-state index contributed by atoms with van der Waals surface area (Å²) in [5.41, 5.74) is 11.5. The van der Waals surface area contributed by atoms with Gasteiger partial charge in [0.25, 0.3) is 0 Å². The molecule has 0 amide bonds. The lowest BCUT2D eigenvalue weighted by Crippen LogP contribution is -1.94. The molecule has 0 saturated heterocycles. The second-order valence-electron chi connectivity index (χ2n) is 11.2. The molecule has 2 heteroatoms. The largest absolute Gasteiger partial charge is 0.355 e. The fraction of sp³-hybridized carbons (Fsp3) is 0.211. The highest BCUT2D eigenvalue weighted by molar-refractivity contribution is 6.10. The SMILES string of the molecule is CCCCc1ccc2c(c1)c1cc(CCCC)ccc1n2-c1ccc(-c2ccc3[nH]c4ccccc4c3c2)cc1. The summed E-state index contributed by atoms with van der Waals surface area (Å²) in [5, 5.41) is 5.29. The molecule has 1 N–H and O–H groups in total. The minimum atomic E-state index is 1.14. The topological polar surface area (TPSA) is 20.7 Å². The van der Waals surface area contributed by atoms with E-state index in [1.807, 2.05) is 0 Å². The number of hydrogen-bond acceptors (Lipinski definition) is 0. The van der Waals surface area contributed by atoms with Crippen LogP contribution >= 0.6 is 0 Å². The van der Waals surface area contributed by atoms with E-state index in [-0.39, 0.29) is 0 Å². The van der Waals surface area contributed by atoms with Crippen molar-refractivity contribution < 1.29 is 0 Å². The summed E-state index contributed by atoms with van der Waals surface area (Å²) in [6.45, 7) is 4.54. The minimum absolute atomic E-state index is 1.14. The van der Waals surface area contributed by atoms with Gasteiger partial charge in [0.1, 0.15) is 0 Å². The number of H-pyrrole nitrogens is 1. The smallest absolute Gasteiger partial charge is 0.0541 e. The molecule has 0 aliphatic heterocycles. The van der Waals surface area contributed by atoms with Crippen molar-refractivity contribution in [2.75, 3.05) is 0 Å². The van der Waals surface area contributed by atoms with Crippen LogP contribution in [0.15, 0.2) is 103 Å². The van der Waals surface area contributed by atoms with Crippen molar-refractivity contribution in [1.82, 2.24) is 9.55 Å². The number of nitrogens with zero attached hydrogens (tertiary/aromatic N) is 1. The molecule has 198 valence electrons. The van der Waals surface area contributed by atoms with Crippen LogP contribution in [0.4, 0.5) is 0 Å². The zero-order valence-corrected chi connectivity index (χ0v) is 23.5. The Morgan fingerprint density at radius 2 is 1.12 bits per heavy atom. The van der Waals surface area contributed by atoms with Crippen LogP contribution in [0.5, 0.6) is 0 Å². The van der Waals surface area contributed by atoms with Crippen LogP contribution in [0.1, 0.15) is 50.7 Å². The number of benzene rings is 5. The fourth-order valence-corrected chi connectivity index (χ4v) is 6.30. The van der Waals surface area contributed by atoms with Crippen LogP contribution in [-0.4, -0.2) is 9.55 Å². The molecule has 7 rings (SSSR count). The monoisotopic (exact) mass is 520 g/mol. The van der Waals surface area contributed by atoms with E-state index in [0.717, 1.165) is 12.8 Å². The Hall–Kier alpha value is -4.30. The first-order valence-electron chi connectivity index (χ1n) is 14.9. The molecule has 0 spiro atoms. The van der Waals surface area contributed by atoms with Crippen molar-refractivity contribution >= 4 is 43.6 Å². The number of hydrogen-bond donors (Lipinski definition) is 1. The summed E-state index contributed by atoms with van der Waals surface area (Å²) in [6, 6.07) is 38.6. The maximum atomic E-state index is 3.55. The molecule has 0 aliphatic carbocycles. The van der Waals surface area contributed by atoms with E-state index < -0.39 is 0 Å². The van der Waals surface area contributed by atoms with E-state index >= 15 is 0 Å². The van der Waals surface area contributed by atoms with Crippen LogP contribution < -0.4 is 0 Å². The number of unbranched alkanes of at least 4 members (excludes halogenated alkanes) is 2. The molecule has 0 unspecified atom stereocenters. The number of nitrogens with one attached hydrogen (secondary N) is 1. The van der Waals surface area contributed by atoms with Gasteiger partial charge in [-0.1, -0.05) is 75.2 Å². The molecule has 0 aliphatic rings. The summed E-state index contributed by atoms with van der Waals surface area (Å²) in [5.74, 6) is 0. The maximum Gasteiger partial charge on any atom is 0.0541 e. The molecule has 0 bridgehead atoms. The molecule has 2 heterocycles. The number of fused-ring (bicyclic) bond motifs is 6. The molecule has 2 aromatic heterocycles. The second kappa shape index (κ2) is 10.4. The predicted molar refractivity (Wildman–Crippen MR) is 173 cm³/mol. The van der Waals surface area contributed by atoms with Gasteiger partial charge in [-0.25, -0.2) is 0 Å². The number of aromatic nitrogens is 2. The molecule has 2 nitrogen and oxygen atoms in total. The normalized spacial score (nSPS) is 11.8. The van der Waals surface area contributed by atoms with Crippen LogP contribution in [-0.2, 0) is 12.8 Å². The van der Waals surface area contributed by atoms with Crippen molar-refractivity contribution in [3.05, 3.63) is 114 Å². The lowest BCUT2D eigenvalue weighted by Gasteiger charge is -2.10. The third-order valence-electron chi connectivity index (χ3n) is 8.50. The maximum absolute atomic E-state index is 3.55. The van der Waals surface area contributed by atoms with E-state index in [0.29, 0.717) is 0 Å². The molecule has 0 fully saturated rings. The van der Waals surface area contributed by atoms with Crippen LogP contribution in [0.2, 0.25) is 0 Å². The van der Waals surface area contributed by atoms with Crippen molar-refractivity contribution in [3.8, 4) is 16.8 Å². The third kappa shape index (κ3) is 4.29. The number of aryl methyl sites for hydroxylation is 2. The summed E-state index contributed by atoms with van der Waals surface area (Å²) in [4.78, 5) is 3.55. The second-order valence-corrected chi connectivity index (χ2v) is 11.2. The van der Waals surface area contributed by atoms with Crippen LogP contribution in [0, 0.1) is 0 Å². The number of rotatable bonds is 8. The summed E-state index contributed by atoms with van der Waals surface area (Å²) in [6.07, 6.45) is 7.20. The lowest BCUT2D eigenvalue weighted by molar-refractivity contribution is 0.795. The highest BCUT2D eigenvalue weighted by Crippen LogP contribution is 2.35. The Morgan fingerprint density at radius 3 is 1.77 bits per heavy atom. The summed E-state index contributed by atoms with van der Waals surface area (Å²) in [7, 11) is 0. The van der Waals surface area contributed by atoms with Gasteiger partial charge >= 0.3 is 0 Å².